The van der Waals surface area contributed by atoms with Gasteiger partial charge in [0.05, 0.1) is 17.2 Å². The van der Waals surface area contributed by atoms with E-state index in [4.69, 9.17) is 0 Å². The van der Waals surface area contributed by atoms with Crippen LogP contribution in [0.4, 0.5) is 5.69 Å². The monoisotopic (exact) mass is 271 g/mol. The van der Waals surface area contributed by atoms with Gasteiger partial charge in [-0.1, -0.05) is 6.07 Å². The lowest BCUT2D eigenvalue weighted by Gasteiger charge is -2.03. The molecule has 20 heavy (non-hydrogen) atoms. The number of aromatic nitrogens is 1. The van der Waals surface area contributed by atoms with Gasteiger partial charge in [-0.05, 0) is 24.3 Å². The first-order chi connectivity index (χ1) is 9.66. The first kappa shape index (κ1) is 13.8. The molecule has 0 aliphatic rings. The highest BCUT2D eigenvalue weighted by atomic mass is 16.6. The largest absolute Gasteiger partial charge is 0.304 e. The summed E-state index contributed by atoms with van der Waals surface area (Å²) in [4.78, 5) is 26.0. The van der Waals surface area contributed by atoms with E-state index >= 15 is 0 Å². The lowest BCUT2D eigenvalue weighted by atomic mass is 10.1. The molecule has 1 aromatic heterocycles. The number of benzene rings is 1. The Morgan fingerprint density at radius 1 is 1.20 bits per heavy atom. The number of rotatable bonds is 6. The van der Waals surface area contributed by atoms with E-state index < -0.39 is 4.92 Å². The Hall–Kier alpha value is -2.60. The second-order valence-corrected chi connectivity index (χ2v) is 4.15. The van der Waals surface area contributed by atoms with Gasteiger partial charge in [-0.2, -0.15) is 0 Å². The molecular formula is C14H13N3O3. The van der Waals surface area contributed by atoms with Crippen molar-refractivity contribution in [3.05, 3.63) is 70.0 Å². The molecule has 0 aliphatic heterocycles. The van der Waals surface area contributed by atoms with Crippen molar-refractivity contribution in [1.82, 2.24) is 10.3 Å². The van der Waals surface area contributed by atoms with Crippen molar-refractivity contribution >= 4 is 11.5 Å². The Kier molecular flexibility index (Phi) is 4.52. The van der Waals surface area contributed by atoms with Crippen LogP contribution in [0.25, 0.3) is 0 Å². The molecule has 1 N–H and O–H groups in total. The first-order valence-electron chi connectivity index (χ1n) is 6.05. The lowest BCUT2D eigenvalue weighted by Crippen LogP contribution is -2.23. The highest BCUT2D eigenvalue weighted by molar-refractivity contribution is 5.97. The number of non-ortho nitro benzene ring substituents is 1. The van der Waals surface area contributed by atoms with Crippen molar-refractivity contribution in [2.24, 2.45) is 0 Å². The maximum atomic E-state index is 11.9. The molecule has 0 amide bonds. The molecule has 6 nitrogen and oxygen atoms in total. The van der Waals surface area contributed by atoms with Crippen molar-refractivity contribution in [3.8, 4) is 0 Å². The average Bonchev–Trinajstić information content (AvgIpc) is 2.48. The normalized spacial score (nSPS) is 10.2. The maximum Gasteiger partial charge on any atom is 0.269 e. The van der Waals surface area contributed by atoms with Gasteiger partial charge in [0.15, 0.2) is 5.78 Å². The number of nitro benzene ring substituents is 1. The summed E-state index contributed by atoms with van der Waals surface area (Å²) in [6, 6.07) is 11.1. The molecular weight excluding hydrogens is 258 g/mol. The summed E-state index contributed by atoms with van der Waals surface area (Å²) in [6.45, 7) is 0.661. The molecule has 0 aliphatic carbocycles. The van der Waals surface area contributed by atoms with E-state index in [0.29, 0.717) is 12.1 Å². The van der Waals surface area contributed by atoms with Crippen LogP contribution in [0, 0.1) is 10.1 Å². The van der Waals surface area contributed by atoms with E-state index in [9.17, 15) is 14.9 Å². The predicted octanol–water partition coefficient (Wildman–Crippen LogP) is 1.96. The Morgan fingerprint density at radius 2 is 1.95 bits per heavy atom. The molecule has 2 aromatic rings. The summed E-state index contributed by atoms with van der Waals surface area (Å²) in [6.07, 6.45) is 1.69. The van der Waals surface area contributed by atoms with Crippen LogP contribution >= 0.6 is 0 Å². The highest BCUT2D eigenvalue weighted by Crippen LogP contribution is 2.12. The fraction of sp³-hybridized carbons (Fsp3) is 0.143. The van der Waals surface area contributed by atoms with Crippen LogP contribution in [0.1, 0.15) is 16.1 Å². The Morgan fingerprint density at radius 3 is 2.55 bits per heavy atom. The standard InChI is InChI=1S/C14H13N3O3/c18-14(10-15-9-12-3-1-2-8-16-12)11-4-6-13(7-5-11)17(19)20/h1-8,15H,9-10H2. The van der Waals surface area contributed by atoms with Gasteiger partial charge in [0.25, 0.3) is 5.69 Å². The minimum absolute atomic E-state index is 0.0250. The van der Waals surface area contributed by atoms with E-state index in [2.05, 4.69) is 10.3 Å². The number of nitrogens with zero attached hydrogens (tertiary/aromatic N) is 2. The topological polar surface area (TPSA) is 85.1 Å². The summed E-state index contributed by atoms with van der Waals surface area (Å²) in [5, 5.41) is 13.5. The molecule has 0 atom stereocenters. The van der Waals surface area contributed by atoms with Crippen molar-refractivity contribution in [2.45, 2.75) is 6.54 Å². The van der Waals surface area contributed by atoms with Gasteiger partial charge in [-0.15, -0.1) is 0 Å². The van der Waals surface area contributed by atoms with Gasteiger partial charge >= 0.3 is 0 Å². The summed E-state index contributed by atoms with van der Waals surface area (Å²) >= 11 is 0. The molecule has 0 unspecified atom stereocenters. The number of hydrogen-bond acceptors (Lipinski definition) is 5. The van der Waals surface area contributed by atoms with E-state index in [0.717, 1.165) is 5.69 Å². The number of nitrogens with one attached hydrogen (secondary N) is 1. The Balaban J connectivity index is 1.87. The molecule has 1 aromatic carbocycles. The van der Waals surface area contributed by atoms with E-state index in [1.807, 2.05) is 18.2 Å². The number of Topliss-reactive ketones (excluding diaryl/α,β-unsaturated/α-hetero) is 1. The quantitative estimate of drug-likeness (QED) is 0.493. The SMILES string of the molecule is O=C(CNCc1ccccn1)c1ccc([N+](=O)[O-])cc1. The van der Waals surface area contributed by atoms with E-state index in [1.54, 1.807) is 6.20 Å². The average molecular weight is 271 g/mol. The third-order valence-electron chi connectivity index (χ3n) is 2.72. The molecule has 6 heteroatoms. The summed E-state index contributed by atoms with van der Waals surface area (Å²) in [5.41, 5.74) is 1.27. The number of carbonyl (C=O) groups excluding carboxylic acids is 1. The van der Waals surface area contributed by atoms with Crippen LogP contribution in [-0.4, -0.2) is 22.2 Å². The molecule has 0 radical (unpaired) electrons. The third-order valence-corrected chi connectivity index (χ3v) is 2.72. The number of hydrogen-bond donors (Lipinski definition) is 1. The van der Waals surface area contributed by atoms with Gasteiger partial charge in [0.1, 0.15) is 0 Å². The van der Waals surface area contributed by atoms with Crippen LogP contribution in [0.5, 0.6) is 0 Å². The molecule has 0 saturated heterocycles. The summed E-state index contributed by atoms with van der Waals surface area (Å²) in [7, 11) is 0. The van der Waals surface area contributed by atoms with Crippen LogP contribution in [0.15, 0.2) is 48.7 Å². The van der Waals surface area contributed by atoms with Gasteiger partial charge in [-0.25, -0.2) is 0 Å². The summed E-state index contributed by atoms with van der Waals surface area (Å²) < 4.78 is 0. The van der Waals surface area contributed by atoms with Crippen LogP contribution in [0.3, 0.4) is 0 Å². The lowest BCUT2D eigenvalue weighted by molar-refractivity contribution is -0.384. The smallest absolute Gasteiger partial charge is 0.269 e. The molecule has 0 bridgehead atoms. The number of carbonyl (C=O) groups is 1. The van der Waals surface area contributed by atoms with E-state index in [-0.39, 0.29) is 18.0 Å². The van der Waals surface area contributed by atoms with Crippen molar-refractivity contribution < 1.29 is 9.72 Å². The van der Waals surface area contributed by atoms with Crippen molar-refractivity contribution in [3.63, 3.8) is 0 Å². The first-order valence-corrected chi connectivity index (χ1v) is 6.05. The number of pyridine rings is 1. The second-order valence-electron chi connectivity index (χ2n) is 4.15. The van der Waals surface area contributed by atoms with Gasteiger partial charge < -0.3 is 5.32 Å². The summed E-state index contributed by atoms with van der Waals surface area (Å²) in [5.74, 6) is -0.115. The van der Waals surface area contributed by atoms with Crippen molar-refractivity contribution in [2.75, 3.05) is 6.54 Å². The molecule has 2 rings (SSSR count). The zero-order valence-electron chi connectivity index (χ0n) is 10.7. The predicted molar refractivity (Wildman–Crippen MR) is 73.4 cm³/mol. The maximum absolute atomic E-state index is 11.9. The Bertz CT molecular complexity index is 597. The fourth-order valence-corrected chi connectivity index (χ4v) is 1.68. The molecule has 0 saturated carbocycles. The van der Waals surface area contributed by atoms with Gasteiger partial charge in [0, 0.05) is 30.4 Å². The molecule has 0 spiro atoms. The van der Waals surface area contributed by atoms with Crippen LogP contribution < -0.4 is 5.32 Å². The van der Waals surface area contributed by atoms with Crippen molar-refractivity contribution in [1.29, 1.82) is 0 Å². The van der Waals surface area contributed by atoms with Crippen LogP contribution in [-0.2, 0) is 6.54 Å². The van der Waals surface area contributed by atoms with E-state index in [1.165, 1.54) is 24.3 Å². The van der Waals surface area contributed by atoms with Gasteiger partial charge in [0.2, 0.25) is 0 Å². The molecule has 102 valence electrons. The molecule has 0 fully saturated rings. The zero-order chi connectivity index (χ0) is 14.4. The number of ketones is 1. The minimum Gasteiger partial charge on any atom is -0.304 e. The molecule has 1 heterocycles. The number of nitro groups is 1. The van der Waals surface area contributed by atoms with Crippen LogP contribution in [0.2, 0.25) is 0 Å². The second kappa shape index (κ2) is 6.53. The Labute approximate surface area is 115 Å². The highest BCUT2D eigenvalue weighted by Gasteiger charge is 2.09. The van der Waals surface area contributed by atoms with Gasteiger partial charge in [-0.3, -0.25) is 19.9 Å². The minimum atomic E-state index is -0.492. The fourth-order valence-electron chi connectivity index (χ4n) is 1.68. The third kappa shape index (κ3) is 3.69. The zero-order valence-corrected chi connectivity index (χ0v) is 10.7.